The van der Waals surface area contributed by atoms with E-state index in [9.17, 15) is 9.59 Å². The van der Waals surface area contributed by atoms with Gasteiger partial charge in [0.25, 0.3) is 11.8 Å². The third kappa shape index (κ3) is 4.71. The van der Waals surface area contributed by atoms with Crippen molar-refractivity contribution in [3.8, 4) is 0 Å². The molecular weight excluding hydrogens is 388 g/mol. The fourth-order valence-electron chi connectivity index (χ4n) is 2.85. The fourth-order valence-corrected chi connectivity index (χ4v) is 3.28. The Morgan fingerprint density at radius 3 is 2.66 bits per heavy atom. The topological polar surface area (TPSA) is 88.3 Å². The van der Waals surface area contributed by atoms with E-state index in [1.807, 2.05) is 45.9 Å². The lowest BCUT2D eigenvalue weighted by molar-refractivity contribution is -0.124. The first kappa shape index (κ1) is 20.7. The number of aromatic nitrogens is 2. The van der Waals surface area contributed by atoms with Gasteiger partial charge in [0.15, 0.2) is 11.7 Å². The van der Waals surface area contributed by atoms with E-state index in [0.717, 1.165) is 23.5 Å². The Morgan fingerprint density at radius 1 is 1.28 bits per heavy atom. The zero-order valence-corrected chi connectivity index (χ0v) is 17.7. The summed E-state index contributed by atoms with van der Waals surface area (Å²) >= 11 is 1.08. The molecule has 0 aliphatic rings. The number of aryl methyl sites for hydroxylation is 1. The summed E-state index contributed by atoms with van der Waals surface area (Å²) in [7, 11) is 0. The van der Waals surface area contributed by atoms with Crippen molar-refractivity contribution < 1.29 is 14.0 Å². The van der Waals surface area contributed by atoms with Crippen molar-refractivity contribution in [1.82, 2.24) is 14.9 Å². The van der Waals surface area contributed by atoms with Crippen molar-refractivity contribution in [1.29, 1.82) is 0 Å². The van der Waals surface area contributed by atoms with Crippen LogP contribution in [0, 0.1) is 6.92 Å². The number of carbonyl (C=O) groups is 2. The Balaban J connectivity index is 2.12. The number of furan rings is 1. The van der Waals surface area contributed by atoms with Gasteiger partial charge in [-0.1, -0.05) is 23.5 Å². The third-order valence-electron chi connectivity index (χ3n) is 4.74. The van der Waals surface area contributed by atoms with Gasteiger partial charge in [0, 0.05) is 16.6 Å². The number of anilines is 1. The van der Waals surface area contributed by atoms with Crippen LogP contribution >= 0.6 is 11.5 Å². The molecule has 0 fully saturated rings. The number of rotatable bonds is 7. The minimum absolute atomic E-state index is 0.176. The average Bonchev–Trinajstić information content (AvgIpc) is 3.39. The first-order valence-electron chi connectivity index (χ1n) is 9.35. The molecule has 1 aromatic carbocycles. The van der Waals surface area contributed by atoms with Gasteiger partial charge in [-0.15, -0.1) is 5.10 Å². The van der Waals surface area contributed by atoms with Gasteiger partial charge in [0.2, 0.25) is 0 Å². The fraction of sp³-hybridized carbons (Fsp3) is 0.333. The smallest absolute Gasteiger partial charge is 0.280 e. The van der Waals surface area contributed by atoms with Crippen LogP contribution in [0.5, 0.6) is 0 Å². The summed E-state index contributed by atoms with van der Waals surface area (Å²) in [5.41, 5.74) is 1.28. The molecule has 1 atom stereocenters. The molecule has 2 aromatic heterocycles. The van der Waals surface area contributed by atoms with E-state index < -0.39 is 17.5 Å². The first-order valence-corrected chi connectivity index (χ1v) is 10.2. The molecule has 152 valence electrons. The Bertz CT molecular complexity index is 968. The molecule has 0 saturated carbocycles. The molecule has 1 N–H and O–H groups in total. The van der Waals surface area contributed by atoms with E-state index in [2.05, 4.69) is 14.9 Å². The number of amides is 2. The highest BCUT2D eigenvalue weighted by Crippen LogP contribution is 2.31. The number of benzene rings is 1. The molecule has 7 nitrogen and oxygen atoms in total. The number of hydrogen-bond donors (Lipinski definition) is 1. The van der Waals surface area contributed by atoms with Gasteiger partial charge in [0.1, 0.15) is 5.76 Å². The molecule has 0 spiro atoms. The highest BCUT2D eigenvalue weighted by molar-refractivity contribution is 7.03. The highest BCUT2D eigenvalue weighted by Gasteiger charge is 2.38. The lowest BCUT2D eigenvalue weighted by atomic mass is 10.0. The summed E-state index contributed by atoms with van der Waals surface area (Å²) in [4.78, 5) is 28.2. The molecule has 8 heteroatoms. The number of nitrogens with zero attached hydrogens (tertiary/aromatic N) is 3. The van der Waals surface area contributed by atoms with Gasteiger partial charge in [0.05, 0.1) is 6.26 Å². The maximum Gasteiger partial charge on any atom is 0.280 e. The maximum absolute atomic E-state index is 13.4. The maximum atomic E-state index is 13.4. The van der Waals surface area contributed by atoms with Gasteiger partial charge < -0.3 is 9.73 Å². The minimum atomic E-state index is -0.994. The second-order valence-corrected chi connectivity index (χ2v) is 8.06. The Hall–Kier alpha value is -3.00. The van der Waals surface area contributed by atoms with E-state index >= 15 is 0 Å². The zero-order valence-electron chi connectivity index (χ0n) is 16.9. The van der Waals surface area contributed by atoms with E-state index in [1.54, 1.807) is 23.6 Å². The number of carbonyl (C=O) groups excluding carboxylic acids is 2. The van der Waals surface area contributed by atoms with Crippen molar-refractivity contribution in [3.05, 3.63) is 65.1 Å². The molecule has 0 saturated heterocycles. The third-order valence-corrected chi connectivity index (χ3v) is 5.25. The Labute approximate surface area is 173 Å². The van der Waals surface area contributed by atoms with Crippen LogP contribution < -0.4 is 10.2 Å². The van der Waals surface area contributed by atoms with Gasteiger partial charge in [-0.25, -0.2) is 0 Å². The predicted molar refractivity (Wildman–Crippen MR) is 112 cm³/mol. The lowest BCUT2D eigenvalue weighted by Gasteiger charge is -2.33. The second kappa shape index (κ2) is 8.57. The van der Waals surface area contributed by atoms with E-state index in [1.165, 1.54) is 11.2 Å². The van der Waals surface area contributed by atoms with Gasteiger partial charge in [-0.2, -0.15) is 0 Å². The summed E-state index contributed by atoms with van der Waals surface area (Å²) in [6, 6.07) is 9.82. The first-order chi connectivity index (χ1) is 13.8. The quantitative estimate of drug-likeness (QED) is 0.630. The van der Waals surface area contributed by atoms with Crippen LogP contribution in [-0.4, -0.2) is 26.9 Å². The average molecular weight is 413 g/mol. The Kier molecular flexibility index (Phi) is 6.12. The van der Waals surface area contributed by atoms with Crippen molar-refractivity contribution in [3.63, 3.8) is 0 Å². The van der Waals surface area contributed by atoms with Crippen LogP contribution in [0.2, 0.25) is 0 Å². The largest absolute Gasteiger partial charge is 0.467 e. The van der Waals surface area contributed by atoms with Crippen LogP contribution in [-0.2, 0) is 4.79 Å². The standard InChI is InChI=1S/C21H24N4O3S/c1-5-21(3,4)22-19(26)18(17-10-7-11-28-17)25(15-9-6-8-14(2)12-15)20(27)16-13-29-24-23-16/h6-13,18H,5H2,1-4H3,(H,22,26)/t18-/m1/s1. The molecule has 29 heavy (non-hydrogen) atoms. The van der Waals surface area contributed by atoms with Crippen molar-refractivity contribution in [2.75, 3.05) is 4.90 Å². The molecule has 3 aromatic rings. The SMILES string of the molecule is CCC(C)(C)NC(=O)[C@@H](c1ccco1)N(C(=O)c1csnn1)c1cccc(C)c1. The summed E-state index contributed by atoms with van der Waals surface area (Å²) in [6.07, 6.45) is 2.22. The molecule has 0 aliphatic carbocycles. The molecule has 3 rings (SSSR count). The molecule has 2 amide bonds. The lowest BCUT2D eigenvalue weighted by Crippen LogP contribution is -2.50. The van der Waals surface area contributed by atoms with E-state index in [4.69, 9.17) is 4.42 Å². The molecule has 0 unspecified atom stereocenters. The van der Waals surface area contributed by atoms with Crippen LogP contribution in [0.4, 0.5) is 5.69 Å². The summed E-state index contributed by atoms with van der Waals surface area (Å²) in [5, 5.41) is 8.51. The molecule has 0 bridgehead atoms. The van der Waals surface area contributed by atoms with Gasteiger partial charge in [-0.05, 0) is 68.6 Å². The van der Waals surface area contributed by atoms with E-state index in [-0.39, 0.29) is 11.6 Å². The van der Waals surface area contributed by atoms with E-state index in [0.29, 0.717) is 11.4 Å². The molecule has 0 aliphatic heterocycles. The van der Waals surface area contributed by atoms with Gasteiger partial charge in [-0.3, -0.25) is 14.5 Å². The second-order valence-electron chi connectivity index (χ2n) is 7.45. The summed E-state index contributed by atoms with van der Waals surface area (Å²) in [5.74, 6) is -0.382. The summed E-state index contributed by atoms with van der Waals surface area (Å²) in [6.45, 7) is 7.80. The molecular formula is C21H24N4O3S. The van der Waals surface area contributed by atoms with Crippen molar-refractivity contribution >= 4 is 29.0 Å². The Morgan fingerprint density at radius 2 is 2.07 bits per heavy atom. The monoisotopic (exact) mass is 412 g/mol. The van der Waals surface area contributed by atoms with Gasteiger partial charge >= 0.3 is 0 Å². The number of nitrogens with one attached hydrogen (secondary N) is 1. The predicted octanol–water partition coefficient (Wildman–Crippen LogP) is 4.13. The van der Waals surface area contributed by atoms with Crippen LogP contribution in [0.15, 0.2) is 52.5 Å². The molecule has 0 radical (unpaired) electrons. The number of hydrogen-bond acceptors (Lipinski definition) is 6. The minimum Gasteiger partial charge on any atom is -0.467 e. The summed E-state index contributed by atoms with van der Waals surface area (Å²) < 4.78 is 9.37. The van der Waals surface area contributed by atoms with Crippen molar-refractivity contribution in [2.24, 2.45) is 0 Å². The van der Waals surface area contributed by atoms with Crippen molar-refractivity contribution in [2.45, 2.75) is 45.7 Å². The van der Waals surface area contributed by atoms with Crippen LogP contribution in [0.1, 0.15) is 55.0 Å². The molecule has 2 heterocycles. The van der Waals surface area contributed by atoms with Crippen LogP contribution in [0.25, 0.3) is 0 Å². The van der Waals surface area contributed by atoms with Crippen LogP contribution in [0.3, 0.4) is 0 Å². The normalized spacial score (nSPS) is 12.4. The zero-order chi connectivity index (χ0) is 21.0. The highest BCUT2D eigenvalue weighted by atomic mass is 32.1.